The molecule has 0 atom stereocenters. The molecule has 1 fully saturated rings. The molecule has 6 heteroatoms. The molecule has 1 aromatic carbocycles. The van der Waals surface area contributed by atoms with E-state index in [0.29, 0.717) is 5.75 Å². The number of methoxy groups -OCH3 is 2. The van der Waals surface area contributed by atoms with Gasteiger partial charge in [0.15, 0.2) is 11.5 Å². The highest BCUT2D eigenvalue weighted by atomic mass is 32.2. The Bertz CT molecular complexity index is 687. The van der Waals surface area contributed by atoms with Crippen molar-refractivity contribution in [3.8, 4) is 11.5 Å². The van der Waals surface area contributed by atoms with Crippen LogP contribution >= 0.6 is 11.8 Å². The first-order chi connectivity index (χ1) is 11.8. The van der Waals surface area contributed by atoms with Gasteiger partial charge in [-0.15, -0.1) is 0 Å². The molecule has 24 heavy (non-hydrogen) atoms. The molecule has 0 spiro atoms. The van der Waals surface area contributed by atoms with E-state index in [2.05, 4.69) is 21.1 Å². The van der Waals surface area contributed by atoms with Gasteiger partial charge in [-0.1, -0.05) is 0 Å². The molecule has 1 aromatic heterocycles. The summed E-state index contributed by atoms with van der Waals surface area (Å²) in [5.74, 6) is 4.53. The number of hydrogen-bond donors (Lipinski definition) is 0. The quantitative estimate of drug-likeness (QED) is 0.795. The van der Waals surface area contributed by atoms with Crippen molar-refractivity contribution in [2.24, 2.45) is 5.92 Å². The molecule has 1 aliphatic heterocycles. The van der Waals surface area contributed by atoms with Gasteiger partial charge in [-0.3, -0.25) is 0 Å². The minimum atomic E-state index is 0.699. The van der Waals surface area contributed by atoms with E-state index in [1.165, 1.54) is 25.0 Å². The van der Waals surface area contributed by atoms with Crippen molar-refractivity contribution >= 4 is 28.5 Å². The maximum atomic E-state index is 5.45. The highest BCUT2D eigenvalue weighted by Crippen LogP contribution is 2.36. The van der Waals surface area contributed by atoms with Crippen molar-refractivity contribution < 1.29 is 9.47 Å². The van der Waals surface area contributed by atoms with Gasteiger partial charge in [-0.25, -0.2) is 9.97 Å². The molecule has 1 aliphatic rings. The number of piperidine rings is 1. The Balaban J connectivity index is 1.85. The number of ether oxygens (including phenoxy) is 2. The average Bonchev–Trinajstić information content (AvgIpc) is 2.65. The lowest BCUT2D eigenvalue weighted by atomic mass is 9.94. The maximum Gasteiger partial charge on any atom is 0.162 e. The Labute approximate surface area is 147 Å². The maximum absolute atomic E-state index is 5.45. The van der Waals surface area contributed by atoms with E-state index in [9.17, 15) is 0 Å². The second-order valence-electron chi connectivity index (χ2n) is 6.13. The molecular weight excluding hydrogens is 322 g/mol. The summed E-state index contributed by atoms with van der Waals surface area (Å²) in [7, 11) is 3.30. The van der Waals surface area contributed by atoms with Gasteiger partial charge in [-0.05, 0) is 43.3 Å². The van der Waals surface area contributed by atoms with Crippen LogP contribution in [0.15, 0.2) is 18.5 Å². The lowest BCUT2D eigenvalue weighted by molar-refractivity contribution is 0.355. The summed E-state index contributed by atoms with van der Waals surface area (Å²) in [5, 5.41) is 1.03. The van der Waals surface area contributed by atoms with E-state index in [1.807, 2.05) is 23.9 Å². The fourth-order valence-electron chi connectivity index (χ4n) is 3.34. The van der Waals surface area contributed by atoms with E-state index in [4.69, 9.17) is 9.47 Å². The van der Waals surface area contributed by atoms with Crippen molar-refractivity contribution in [3.05, 3.63) is 18.5 Å². The van der Waals surface area contributed by atoms with E-state index in [0.717, 1.165) is 41.5 Å². The highest BCUT2D eigenvalue weighted by Gasteiger charge is 2.22. The Morgan fingerprint density at radius 2 is 1.83 bits per heavy atom. The molecule has 2 aromatic rings. The second-order valence-corrected chi connectivity index (χ2v) is 7.12. The molecule has 0 N–H and O–H groups in total. The first kappa shape index (κ1) is 17.1. The Hall–Kier alpha value is -1.69. The topological polar surface area (TPSA) is 47.5 Å². The van der Waals surface area contributed by atoms with E-state index >= 15 is 0 Å². The number of anilines is 1. The number of aromatic nitrogens is 2. The number of fused-ring (bicyclic) bond motifs is 1. The van der Waals surface area contributed by atoms with Crippen LogP contribution in [0.25, 0.3) is 10.9 Å². The summed E-state index contributed by atoms with van der Waals surface area (Å²) in [6.45, 7) is 2.11. The summed E-state index contributed by atoms with van der Waals surface area (Å²) >= 11 is 1.94. The van der Waals surface area contributed by atoms with Crippen molar-refractivity contribution in [3.63, 3.8) is 0 Å². The number of benzene rings is 1. The third-order valence-electron chi connectivity index (χ3n) is 4.76. The summed E-state index contributed by atoms with van der Waals surface area (Å²) in [5.41, 5.74) is 0.891. The van der Waals surface area contributed by atoms with Crippen LogP contribution in [0, 0.1) is 5.92 Å². The molecule has 0 amide bonds. The predicted octanol–water partition coefficient (Wildman–Crippen LogP) is 3.62. The molecular formula is C18H25N3O2S. The average molecular weight is 347 g/mol. The monoisotopic (exact) mass is 347 g/mol. The van der Waals surface area contributed by atoms with E-state index in [1.54, 1.807) is 20.5 Å². The van der Waals surface area contributed by atoms with Crippen LogP contribution in [-0.2, 0) is 0 Å². The molecule has 0 radical (unpaired) electrons. The number of hydrogen-bond acceptors (Lipinski definition) is 6. The zero-order chi connectivity index (χ0) is 16.9. The largest absolute Gasteiger partial charge is 0.493 e. The first-order valence-corrected chi connectivity index (χ1v) is 9.76. The zero-order valence-corrected chi connectivity index (χ0v) is 15.4. The van der Waals surface area contributed by atoms with Gasteiger partial charge in [0.25, 0.3) is 0 Å². The smallest absolute Gasteiger partial charge is 0.162 e. The van der Waals surface area contributed by atoms with Crippen LogP contribution in [-0.4, -0.2) is 49.3 Å². The lowest BCUT2D eigenvalue weighted by Gasteiger charge is -2.33. The zero-order valence-electron chi connectivity index (χ0n) is 14.6. The molecule has 0 unspecified atom stereocenters. The van der Waals surface area contributed by atoms with Gasteiger partial charge >= 0.3 is 0 Å². The normalized spacial score (nSPS) is 15.7. The fraction of sp³-hybridized carbons (Fsp3) is 0.556. The number of nitrogens with zero attached hydrogens (tertiary/aromatic N) is 3. The van der Waals surface area contributed by atoms with Crippen LogP contribution in [0.4, 0.5) is 5.82 Å². The minimum Gasteiger partial charge on any atom is -0.493 e. The predicted molar refractivity (Wildman–Crippen MR) is 101 cm³/mol. The van der Waals surface area contributed by atoms with Crippen LogP contribution in [0.1, 0.15) is 19.3 Å². The molecule has 0 aliphatic carbocycles. The third kappa shape index (κ3) is 3.53. The molecule has 130 valence electrons. The van der Waals surface area contributed by atoms with Crippen LogP contribution in [0.2, 0.25) is 0 Å². The summed E-state index contributed by atoms with van der Waals surface area (Å²) < 4.78 is 10.8. The molecule has 2 heterocycles. The van der Waals surface area contributed by atoms with Crippen molar-refractivity contribution in [1.29, 1.82) is 0 Å². The summed E-state index contributed by atoms with van der Waals surface area (Å²) in [6, 6.07) is 3.91. The van der Waals surface area contributed by atoms with Crippen molar-refractivity contribution in [1.82, 2.24) is 9.97 Å². The Kier molecular flexibility index (Phi) is 5.66. The SMILES string of the molecule is COc1cc2ncnc(N3CCC(CCSC)CC3)c2cc1OC. The third-order valence-corrected chi connectivity index (χ3v) is 5.41. The van der Waals surface area contributed by atoms with Gasteiger partial charge in [-0.2, -0.15) is 11.8 Å². The molecule has 0 bridgehead atoms. The minimum absolute atomic E-state index is 0.699. The van der Waals surface area contributed by atoms with Crippen molar-refractivity contribution in [2.45, 2.75) is 19.3 Å². The molecule has 0 saturated carbocycles. The highest BCUT2D eigenvalue weighted by molar-refractivity contribution is 7.98. The number of thioether (sulfide) groups is 1. The van der Waals surface area contributed by atoms with Gasteiger partial charge < -0.3 is 14.4 Å². The first-order valence-electron chi connectivity index (χ1n) is 8.37. The van der Waals surface area contributed by atoms with Crippen LogP contribution in [0.5, 0.6) is 11.5 Å². The van der Waals surface area contributed by atoms with E-state index < -0.39 is 0 Å². The van der Waals surface area contributed by atoms with Gasteiger partial charge in [0, 0.05) is 24.5 Å². The van der Waals surface area contributed by atoms with Crippen LogP contribution < -0.4 is 14.4 Å². The summed E-state index contributed by atoms with van der Waals surface area (Å²) in [4.78, 5) is 11.3. The van der Waals surface area contributed by atoms with Gasteiger partial charge in [0.1, 0.15) is 12.1 Å². The Morgan fingerprint density at radius 1 is 1.12 bits per heavy atom. The summed E-state index contributed by atoms with van der Waals surface area (Å²) in [6.07, 6.45) is 7.62. The standard InChI is InChI=1S/C18H25N3O2S/c1-22-16-10-14-15(11-17(16)23-2)19-12-20-18(14)21-7-4-13(5-8-21)6-9-24-3/h10-13H,4-9H2,1-3H3. The van der Waals surface area contributed by atoms with Gasteiger partial charge in [0.2, 0.25) is 0 Å². The molecule has 3 rings (SSSR count). The van der Waals surface area contributed by atoms with Crippen LogP contribution in [0.3, 0.4) is 0 Å². The second kappa shape index (κ2) is 7.92. The van der Waals surface area contributed by atoms with E-state index in [-0.39, 0.29) is 0 Å². The van der Waals surface area contributed by atoms with Crippen molar-refractivity contribution in [2.75, 3.05) is 44.2 Å². The number of rotatable bonds is 6. The lowest BCUT2D eigenvalue weighted by Crippen LogP contribution is -2.34. The Morgan fingerprint density at radius 3 is 2.50 bits per heavy atom. The molecule has 5 nitrogen and oxygen atoms in total. The van der Waals surface area contributed by atoms with Gasteiger partial charge in [0.05, 0.1) is 19.7 Å². The molecule has 1 saturated heterocycles. The fourth-order valence-corrected chi connectivity index (χ4v) is 3.91.